The first-order valence-electron chi connectivity index (χ1n) is 8.28. The first-order valence-corrected chi connectivity index (χ1v) is 8.28. The molecule has 1 heterocycles. The van der Waals surface area contributed by atoms with Gasteiger partial charge in [-0.25, -0.2) is 9.78 Å². The van der Waals surface area contributed by atoms with E-state index in [4.69, 9.17) is 5.11 Å². The monoisotopic (exact) mass is 355 g/mol. The second kappa shape index (κ2) is 8.75. The van der Waals surface area contributed by atoms with Crippen LogP contribution in [-0.2, 0) is 11.3 Å². The summed E-state index contributed by atoms with van der Waals surface area (Å²) < 4.78 is 0. The Hall–Kier alpha value is -3.22. The van der Waals surface area contributed by atoms with Gasteiger partial charge in [0.15, 0.2) is 0 Å². The minimum absolute atomic E-state index is 0.0494. The van der Waals surface area contributed by atoms with Gasteiger partial charge < -0.3 is 15.7 Å². The van der Waals surface area contributed by atoms with Crippen LogP contribution in [0.4, 0.5) is 5.69 Å². The number of benzene rings is 1. The molecule has 1 aromatic heterocycles. The van der Waals surface area contributed by atoms with Gasteiger partial charge in [-0.05, 0) is 36.2 Å². The van der Waals surface area contributed by atoms with E-state index in [1.807, 2.05) is 19.9 Å². The molecule has 2 aromatic rings. The fourth-order valence-corrected chi connectivity index (χ4v) is 2.18. The lowest BCUT2D eigenvalue weighted by molar-refractivity contribution is -0.119. The average molecular weight is 355 g/mol. The zero-order chi connectivity index (χ0) is 19.1. The Morgan fingerprint density at radius 2 is 1.96 bits per heavy atom. The largest absolute Gasteiger partial charge is 0.477 e. The molecular formula is C19H21N3O4. The number of pyridine rings is 1. The summed E-state index contributed by atoms with van der Waals surface area (Å²) in [7, 11) is 0. The molecule has 3 N–H and O–H groups in total. The molecule has 0 aliphatic carbocycles. The van der Waals surface area contributed by atoms with Crippen LogP contribution in [-0.4, -0.2) is 27.9 Å². The predicted molar refractivity (Wildman–Crippen MR) is 96.9 cm³/mol. The van der Waals surface area contributed by atoms with Crippen molar-refractivity contribution in [2.75, 3.05) is 5.32 Å². The van der Waals surface area contributed by atoms with Gasteiger partial charge in [0, 0.05) is 29.9 Å². The number of carboxylic acids is 1. The molecule has 0 radical (unpaired) electrons. The highest BCUT2D eigenvalue weighted by molar-refractivity contribution is 5.96. The smallest absolute Gasteiger partial charge is 0.354 e. The fourth-order valence-electron chi connectivity index (χ4n) is 2.18. The summed E-state index contributed by atoms with van der Waals surface area (Å²) in [5.74, 6) is -1.71. The topological polar surface area (TPSA) is 108 Å². The Labute approximate surface area is 151 Å². The van der Waals surface area contributed by atoms with Crippen LogP contribution < -0.4 is 10.6 Å². The minimum Gasteiger partial charge on any atom is -0.477 e. The number of aromatic carboxylic acids is 1. The van der Waals surface area contributed by atoms with Gasteiger partial charge >= 0.3 is 5.97 Å². The lowest BCUT2D eigenvalue weighted by atomic mass is 10.1. The number of amides is 2. The Bertz CT molecular complexity index is 820. The predicted octanol–water partition coefficient (Wildman–Crippen LogP) is 2.69. The maximum absolute atomic E-state index is 12.2. The number of carbonyl (C=O) groups is 3. The van der Waals surface area contributed by atoms with Crippen LogP contribution in [0, 0.1) is 5.92 Å². The molecule has 0 aliphatic heterocycles. The quantitative estimate of drug-likeness (QED) is 0.707. The molecule has 7 heteroatoms. The molecule has 0 fully saturated rings. The molecule has 1 unspecified atom stereocenters. The fraction of sp³-hybridized carbons (Fsp3) is 0.263. The van der Waals surface area contributed by atoms with Gasteiger partial charge in [0.2, 0.25) is 5.91 Å². The molecule has 0 bridgehead atoms. The summed E-state index contributed by atoms with van der Waals surface area (Å²) in [4.78, 5) is 38.7. The zero-order valence-corrected chi connectivity index (χ0v) is 14.7. The van der Waals surface area contributed by atoms with Crippen molar-refractivity contribution in [3.05, 3.63) is 59.4 Å². The summed E-state index contributed by atoms with van der Waals surface area (Å²) in [6, 6.07) is 9.87. The standard InChI is InChI=1S/C19H21N3O4/c1-3-12(2)17(23)22-15-6-4-5-13(9-15)11-21-18(24)14-7-8-20-16(10-14)19(25)26/h4-10,12H,3,11H2,1-2H3,(H,21,24)(H,22,23)(H,25,26). The van der Waals surface area contributed by atoms with Crippen molar-refractivity contribution in [3.8, 4) is 0 Å². The molecule has 136 valence electrons. The summed E-state index contributed by atoms with van der Waals surface area (Å²) in [5, 5.41) is 14.5. The molecular weight excluding hydrogens is 334 g/mol. The number of nitrogens with zero attached hydrogens (tertiary/aromatic N) is 1. The third kappa shape index (κ3) is 5.14. The van der Waals surface area contributed by atoms with E-state index in [1.54, 1.807) is 18.2 Å². The zero-order valence-electron chi connectivity index (χ0n) is 14.7. The molecule has 1 atom stereocenters. The molecule has 1 aromatic carbocycles. The number of nitrogens with one attached hydrogen (secondary N) is 2. The lowest BCUT2D eigenvalue weighted by Gasteiger charge is -2.11. The summed E-state index contributed by atoms with van der Waals surface area (Å²) in [6.45, 7) is 4.06. The molecule has 0 saturated carbocycles. The van der Waals surface area contributed by atoms with E-state index in [1.165, 1.54) is 18.3 Å². The molecule has 0 aliphatic rings. The van der Waals surface area contributed by atoms with Crippen molar-refractivity contribution in [1.29, 1.82) is 0 Å². The van der Waals surface area contributed by atoms with Crippen LogP contribution in [0.1, 0.15) is 46.7 Å². The maximum Gasteiger partial charge on any atom is 0.354 e. The van der Waals surface area contributed by atoms with Crippen LogP contribution >= 0.6 is 0 Å². The second-order valence-electron chi connectivity index (χ2n) is 5.92. The van der Waals surface area contributed by atoms with Gasteiger partial charge in [-0.2, -0.15) is 0 Å². The van der Waals surface area contributed by atoms with Crippen LogP contribution in [0.2, 0.25) is 0 Å². The molecule has 2 amide bonds. The Kier molecular flexibility index (Phi) is 6.43. The molecule has 26 heavy (non-hydrogen) atoms. The van der Waals surface area contributed by atoms with Crippen molar-refractivity contribution in [2.45, 2.75) is 26.8 Å². The second-order valence-corrected chi connectivity index (χ2v) is 5.92. The van der Waals surface area contributed by atoms with E-state index in [0.717, 1.165) is 12.0 Å². The maximum atomic E-state index is 12.2. The van der Waals surface area contributed by atoms with Gasteiger partial charge in [0.25, 0.3) is 5.91 Å². The van der Waals surface area contributed by atoms with E-state index in [9.17, 15) is 14.4 Å². The number of aromatic nitrogens is 1. The minimum atomic E-state index is -1.19. The number of carbonyl (C=O) groups excluding carboxylic acids is 2. The van der Waals surface area contributed by atoms with Crippen molar-refractivity contribution in [3.63, 3.8) is 0 Å². The number of hydrogen-bond acceptors (Lipinski definition) is 4. The molecule has 0 saturated heterocycles. The number of anilines is 1. The normalized spacial score (nSPS) is 11.5. The number of hydrogen-bond donors (Lipinski definition) is 3. The van der Waals surface area contributed by atoms with Gasteiger partial charge in [-0.3, -0.25) is 9.59 Å². The molecule has 2 rings (SSSR count). The first kappa shape index (κ1) is 19.1. The van der Waals surface area contributed by atoms with E-state index in [0.29, 0.717) is 5.69 Å². The summed E-state index contributed by atoms with van der Waals surface area (Å²) >= 11 is 0. The van der Waals surface area contributed by atoms with Crippen LogP contribution in [0.25, 0.3) is 0 Å². The third-order valence-electron chi connectivity index (χ3n) is 3.95. The van der Waals surface area contributed by atoms with E-state index < -0.39 is 11.9 Å². The van der Waals surface area contributed by atoms with Gasteiger partial charge in [-0.15, -0.1) is 0 Å². The number of carboxylic acid groups (broad SMARTS) is 1. The van der Waals surface area contributed by atoms with E-state index in [2.05, 4.69) is 15.6 Å². The SMILES string of the molecule is CCC(C)C(=O)Nc1cccc(CNC(=O)c2ccnc(C(=O)O)c2)c1. The highest BCUT2D eigenvalue weighted by Gasteiger charge is 2.12. The third-order valence-corrected chi connectivity index (χ3v) is 3.95. The van der Waals surface area contributed by atoms with Crippen molar-refractivity contribution >= 4 is 23.5 Å². The van der Waals surface area contributed by atoms with Gasteiger partial charge in [0.05, 0.1) is 0 Å². The van der Waals surface area contributed by atoms with E-state index >= 15 is 0 Å². The highest BCUT2D eigenvalue weighted by atomic mass is 16.4. The van der Waals surface area contributed by atoms with Crippen LogP contribution in [0.15, 0.2) is 42.6 Å². The summed E-state index contributed by atoms with van der Waals surface area (Å²) in [6.07, 6.45) is 2.04. The van der Waals surface area contributed by atoms with Gasteiger partial charge in [-0.1, -0.05) is 26.0 Å². The van der Waals surface area contributed by atoms with Crippen molar-refractivity contribution in [2.24, 2.45) is 5.92 Å². The van der Waals surface area contributed by atoms with Crippen LogP contribution in [0.5, 0.6) is 0 Å². The van der Waals surface area contributed by atoms with Crippen LogP contribution in [0.3, 0.4) is 0 Å². The highest BCUT2D eigenvalue weighted by Crippen LogP contribution is 2.13. The Morgan fingerprint density at radius 3 is 2.65 bits per heavy atom. The van der Waals surface area contributed by atoms with E-state index in [-0.39, 0.29) is 29.6 Å². The van der Waals surface area contributed by atoms with Gasteiger partial charge in [0.1, 0.15) is 5.69 Å². The van der Waals surface area contributed by atoms with Crippen molar-refractivity contribution < 1.29 is 19.5 Å². The molecule has 7 nitrogen and oxygen atoms in total. The molecule has 0 spiro atoms. The lowest BCUT2D eigenvalue weighted by Crippen LogP contribution is -2.23. The summed E-state index contributed by atoms with van der Waals surface area (Å²) in [5.41, 5.74) is 1.51. The first-order chi connectivity index (χ1) is 12.4. The average Bonchev–Trinajstić information content (AvgIpc) is 2.65. The van der Waals surface area contributed by atoms with Crippen molar-refractivity contribution in [1.82, 2.24) is 10.3 Å². The number of rotatable bonds is 7. The Balaban J connectivity index is 2.00. The Morgan fingerprint density at radius 1 is 1.19 bits per heavy atom.